The van der Waals surface area contributed by atoms with Crippen LogP contribution in [0.15, 0.2) is 35.6 Å². The first-order valence-corrected chi connectivity index (χ1v) is 11.6. The predicted octanol–water partition coefficient (Wildman–Crippen LogP) is 4.64. The van der Waals surface area contributed by atoms with Crippen LogP contribution in [-0.2, 0) is 4.79 Å². The van der Waals surface area contributed by atoms with E-state index in [0.717, 1.165) is 53.1 Å². The minimum Gasteiger partial charge on any atom is -0.360 e. The summed E-state index contributed by atoms with van der Waals surface area (Å²) in [6.45, 7) is 4.33. The third-order valence-electron chi connectivity index (χ3n) is 6.21. The molecule has 1 saturated carbocycles. The monoisotopic (exact) mass is 409 g/mol. The average molecular weight is 410 g/mol. The molecule has 5 rings (SSSR count). The number of benzene rings is 1. The summed E-state index contributed by atoms with van der Waals surface area (Å²) in [4.78, 5) is 18.4. The van der Waals surface area contributed by atoms with E-state index in [9.17, 15) is 4.79 Å². The van der Waals surface area contributed by atoms with Crippen LogP contribution in [-0.4, -0.2) is 48.4 Å². The van der Waals surface area contributed by atoms with E-state index in [0.29, 0.717) is 23.9 Å². The summed E-state index contributed by atoms with van der Waals surface area (Å²) in [6, 6.07) is 9.37. The lowest BCUT2D eigenvalue weighted by molar-refractivity contribution is -0.134. The van der Waals surface area contributed by atoms with Gasteiger partial charge in [0.25, 0.3) is 0 Å². The zero-order valence-electron chi connectivity index (χ0n) is 17.0. The number of rotatable bonds is 5. The predicted molar refractivity (Wildman–Crippen MR) is 116 cm³/mol. The Labute approximate surface area is 175 Å². The molecule has 6 nitrogen and oxygen atoms in total. The Hall–Kier alpha value is -2.28. The van der Waals surface area contributed by atoms with Crippen molar-refractivity contribution in [2.75, 3.05) is 5.75 Å². The second-order valence-corrected chi connectivity index (χ2v) is 9.32. The van der Waals surface area contributed by atoms with Gasteiger partial charge < -0.3 is 9.88 Å². The van der Waals surface area contributed by atoms with Gasteiger partial charge in [-0.25, -0.2) is 0 Å². The van der Waals surface area contributed by atoms with Crippen molar-refractivity contribution in [3.8, 4) is 11.4 Å². The van der Waals surface area contributed by atoms with Crippen LogP contribution in [0.2, 0.25) is 0 Å². The van der Waals surface area contributed by atoms with Crippen LogP contribution >= 0.6 is 11.8 Å². The number of nitrogens with zero attached hydrogens (tertiary/aromatic N) is 4. The number of nitrogens with one attached hydrogen (secondary N) is 1. The second kappa shape index (κ2) is 7.52. The van der Waals surface area contributed by atoms with E-state index in [1.165, 1.54) is 18.2 Å². The molecule has 3 aromatic rings. The molecule has 7 heteroatoms. The maximum Gasteiger partial charge on any atom is 0.233 e. The molecular formula is C22H27N5OS. The highest BCUT2D eigenvalue weighted by atomic mass is 32.2. The van der Waals surface area contributed by atoms with Gasteiger partial charge in [-0.15, -0.1) is 10.2 Å². The lowest BCUT2D eigenvalue weighted by atomic mass is 9.98. The molecule has 1 aliphatic carbocycles. The Morgan fingerprint density at radius 1 is 1.14 bits per heavy atom. The molecule has 1 saturated heterocycles. The van der Waals surface area contributed by atoms with Crippen LogP contribution in [0.4, 0.5) is 0 Å². The molecule has 0 bridgehead atoms. The van der Waals surface area contributed by atoms with E-state index in [1.54, 1.807) is 0 Å². The van der Waals surface area contributed by atoms with Gasteiger partial charge in [0.1, 0.15) is 0 Å². The maximum absolute atomic E-state index is 12.9. The van der Waals surface area contributed by atoms with Crippen molar-refractivity contribution in [1.29, 1.82) is 0 Å². The van der Waals surface area contributed by atoms with Crippen molar-refractivity contribution in [1.82, 2.24) is 24.6 Å². The van der Waals surface area contributed by atoms with Gasteiger partial charge in [-0.3, -0.25) is 9.36 Å². The van der Waals surface area contributed by atoms with Gasteiger partial charge in [-0.05, 0) is 52.0 Å². The number of carbonyl (C=O) groups excluding carboxylic acids is 1. The van der Waals surface area contributed by atoms with Crippen LogP contribution < -0.4 is 0 Å². The molecule has 152 valence electrons. The summed E-state index contributed by atoms with van der Waals surface area (Å²) in [5.41, 5.74) is 2.18. The standard InChI is InChI=1S/C22H27N5OS/c1-14-6-5-7-15(2)26(14)20(28)13-29-22-25-24-21(27(22)16-10-11-16)18-12-23-19-9-4-3-8-17(18)19/h3-4,8-9,12,14-16,23H,5-7,10-11,13H2,1-2H3/t14-,15-/m0/s1. The number of hydrogen-bond acceptors (Lipinski definition) is 4. The number of piperidine rings is 1. The van der Waals surface area contributed by atoms with Gasteiger partial charge in [0.2, 0.25) is 5.91 Å². The normalized spacial score (nSPS) is 22.3. The minimum atomic E-state index is 0.216. The summed E-state index contributed by atoms with van der Waals surface area (Å²) in [5.74, 6) is 1.54. The van der Waals surface area contributed by atoms with Gasteiger partial charge in [0.05, 0.1) is 5.75 Å². The highest BCUT2D eigenvalue weighted by Gasteiger charge is 2.32. The molecule has 2 fully saturated rings. The molecule has 0 radical (unpaired) electrons. The smallest absolute Gasteiger partial charge is 0.233 e. The Kier molecular flexibility index (Phi) is 4.86. The van der Waals surface area contributed by atoms with Gasteiger partial charge in [-0.1, -0.05) is 30.0 Å². The number of aromatic nitrogens is 4. The quantitative estimate of drug-likeness (QED) is 0.623. The molecule has 1 amide bonds. The Morgan fingerprint density at radius 2 is 1.90 bits per heavy atom. The molecule has 29 heavy (non-hydrogen) atoms. The molecular weight excluding hydrogens is 382 g/mol. The largest absolute Gasteiger partial charge is 0.360 e. The van der Waals surface area contributed by atoms with E-state index in [2.05, 4.69) is 50.6 Å². The van der Waals surface area contributed by atoms with Crippen molar-refractivity contribution in [2.45, 2.75) is 69.2 Å². The lowest BCUT2D eigenvalue weighted by Crippen LogP contribution is -2.48. The zero-order chi connectivity index (χ0) is 20.0. The van der Waals surface area contributed by atoms with Gasteiger partial charge >= 0.3 is 0 Å². The number of aromatic amines is 1. The van der Waals surface area contributed by atoms with Crippen molar-refractivity contribution < 1.29 is 4.79 Å². The number of hydrogen-bond donors (Lipinski definition) is 1. The number of amides is 1. The second-order valence-electron chi connectivity index (χ2n) is 8.37. The molecule has 1 aromatic carbocycles. The van der Waals surface area contributed by atoms with Crippen LogP contribution in [0.3, 0.4) is 0 Å². The molecule has 2 aromatic heterocycles. The number of fused-ring (bicyclic) bond motifs is 1. The molecule has 2 atom stereocenters. The zero-order valence-corrected chi connectivity index (χ0v) is 17.8. The minimum absolute atomic E-state index is 0.216. The topological polar surface area (TPSA) is 66.8 Å². The first-order chi connectivity index (χ1) is 14.1. The summed E-state index contributed by atoms with van der Waals surface area (Å²) in [6.07, 6.45) is 7.73. The molecule has 3 heterocycles. The highest BCUT2D eigenvalue weighted by molar-refractivity contribution is 7.99. The van der Waals surface area contributed by atoms with Gasteiger partial charge in [0, 0.05) is 40.8 Å². The van der Waals surface area contributed by atoms with Crippen LogP contribution in [0.1, 0.15) is 52.0 Å². The van der Waals surface area contributed by atoms with E-state index >= 15 is 0 Å². The average Bonchev–Trinajstić information content (AvgIpc) is 3.32. The summed E-state index contributed by atoms with van der Waals surface area (Å²) in [5, 5.41) is 11.0. The fraction of sp³-hybridized carbons (Fsp3) is 0.500. The molecule has 0 spiro atoms. The van der Waals surface area contributed by atoms with Crippen molar-refractivity contribution in [2.24, 2.45) is 0 Å². The maximum atomic E-state index is 12.9. The SMILES string of the molecule is C[C@H]1CCC[C@H](C)N1C(=O)CSc1nnc(-c2c[nH]c3ccccc23)n1C1CC1. The fourth-order valence-electron chi connectivity index (χ4n) is 4.59. The van der Waals surface area contributed by atoms with Crippen LogP contribution in [0.25, 0.3) is 22.3 Å². The Morgan fingerprint density at radius 3 is 2.66 bits per heavy atom. The van der Waals surface area contributed by atoms with Crippen molar-refractivity contribution in [3.05, 3.63) is 30.5 Å². The fourth-order valence-corrected chi connectivity index (χ4v) is 5.47. The molecule has 1 N–H and O–H groups in total. The van der Waals surface area contributed by atoms with E-state index < -0.39 is 0 Å². The van der Waals surface area contributed by atoms with Crippen molar-refractivity contribution in [3.63, 3.8) is 0 Å². The number of H-pyrrole nitrogens is 1. The highest BCUT2D eigenvalue weighted by Crippen LogP contribution is 2.42. The number of likely N-dealkylation sites (tertiary alicyclic amines) is 1. The van der Waals surface area contributed by atoms with Crippen molar-refractivity contribution >= 4 is 28.6 Å². The number of para-hydroxylation sites is 1. The third kappa shape index (κ3) is 3.45. The van der Waals surface area contributed by atoms with E-state index in [4.69, 9.17) is 0 Å². The van der Waals surface area contributed by atoms with E-state index in [-0.39, 0.29) is 5.91 Å². The van der Waals surface area contributed by atoms with Crippen LogP contribution in [0.5, 0.6) is 0 Å². The summed E-state index contributed by atoms with van der Waals surface area (Å²) in [7, 11) is 0. The number of carbonyl (C=O) groups is 1. The lowest BCUT2D eigenvalue weighted by Gasteiger charge is -2.39. The van der Waals surface area contributed by atoms with E-state index in [1.807, 2.05) is 18.3 Å². The van der Waals surface area contributed by atoms with Crippen LogP contribution in [0, 0.1) is 0 Å². The number of thioether (sulfide) groups is 1. The molecule has 0 unspecified atom stereocenters. The third-order valence-corrected chi connectivity index (χ3v) is 7.14. The summed E-state index contributed by atoms with van der Waals surface area (Å²) >= 11 is 1.53. The molecule has 2 aliphatic rings. The molecule has 1 aliphatic heterocycles. The first-order valence-electron chi connectivity index (χ1n) is 10.6. The van der Waals surface area contributed by atoms with Gasteiger partial charge in [-0.2, -0.15) is 0 Å². The Balaban J connectivity index is 1.40. The van der Waals surface area contributed by atoms with Gasteiger partial charge in [0.15, 0.2) is 11.0 Å². The summed E-state index contributed by atoms with van der Waals surface area (Å²) < 4.78 is 2.25. The Bertz CT molecular complexity index is 1030. The first kappa shape index (κ1) is 18.7.